The van der Waals surface area contributed by atoms with Crippen LogP contribution in [0.25, 0.3) is 0 Å². The van der Waals surface area contributed by atoms with Gasteiger partial charge in [-0.15, -0.1) is 11.8 Å². The number of nitrogens with one attached hydrogen (secondary N) is 1. The highest BCUT2D eigenvalue weighted by Gasteiger charge is 2.40. The number of alkyl halides is 3. The Morgan fingerprint density at radius 1 is 1.23 bits per heavy atom. The fourth-order valence-electron chi connectivity index (χ4n) is 1.95. The molecule has 1 aromatic rings. The van der Waals surface area contributed by atoms with Gasteiger partial charge in [-0.2, -0.15) is 13.2 Å². The van der Waals surface area contributed by atoms with Crippen LogP contribution in [0.5, 0.6) is 0 Å². The molecule has 0 saturated carbocycles. The van der Waals surface area contributed by atoms with E-state index >= 15 is 0 Å². The second kappa shape index (κ2) is 7.53. The molecule has 2 N–H and O–H groups in total. The molecule has 0 aliphatic heterocycles. The van der Waals surface area contributed by atoms with Crippen molar-refractivity contribution in [3.8, 4) is 0 Å². The number of hydrogen-bond acceptors (Lipinski definition) is 3. The summed E-state index contributed by atoms with van der Waals surface area (Å²) >= 11 is 0.396. The molecule has 1 unspecified atom stereocenters. The Hall–Kier alpha value is -1.70. The lowest BCUT2D eigenvalue weighted by molar-refractivity contribution is -0.148. The summed E-state index contributed by atoms with van der Waals surface area (Å²) in [5, 5.41) is 11.8. The van der Waals surface area contributed by atoms with E-state index in [4.69, 9.17) is 0 Å². The van der Waals surface area contributed by atoms with Crippen LogP contribution in [0.1, 0.15) is 18.9 Å². The Labute approximate surface area is 130 Å². The topological polar surface area (TPSA) is 66.4 Å². The van der Waals surface area contributed by atoms with Crippen molar-refractivity contribution in [1.82, 2.24) is 5.32 Å². The summed E-state index contributed by atoms with van der Waals surface area (Å²) in [4.78, 5) is 23.4. The van der Waals surface area contributed by atoms with Gasteiger partial charge in [-0.05, 0) is 12.0 Å². The zero-order valence-electron chi connectivity index (χ0n) is 11.8. The Kier molecular flexibility index (Phi) is 6.28. The third-order valence-electron chi connectivity index (χ3n) is 3.01. The van der Waals surface area contributed by atoms with Crippen LogP contribution in [0.15, 0.2) is 30.3 Å². The van der Waals surface area contributed by atoms with Crippen molar-refractivity contribution in [1.29, 1.82) is 0 Å². The van der Waals surface area contributed by atoms with E-state index in [9.17, 15) is 27.9 Å². The molecule has 0 aliphatic rings. The fourth-order valence-corrected chi connectivity index (χ4v) is 2.54. The highest BCUT2D eigenvalue weighted by atomic mass is 32.2. The number of carbonyl (C=O) groups is 2. The minimum Gasteiger partial charge on any atom is -0.479 e. The summed E-state index contributed by atoms with van der Waals surface area (Å²) in [5.41, 5.74) is -1.27. The van der Waals surface area contributed by atoms with Crippen LogP contribution >= 0.6 is 11.8 Å². The second-order valence-electron chi connectivity index (χ2n) is 4.59. The van der Waals surface area contributed by atoms with Crippen LogP contribution < -0.4 is 5.32 Å². The number of amides is 1. The number of aliphatic carboxylic acids is 1. The van der Waals surface area contributed by atoms with E-state index in [1.54, 1.807) is 37.3 Å². The molecule has 8 heteroatoms. The maximum absolute atomic E-state index is 12.1. The van der Waals surface area contributed by atoms with Gasteiger partial charge in [0.25, 0.3) is 0 Å². The van der Waals surface area contributed by atoms with Crippen molar-refractivity contribution in [3.05, 3.63) is 35.9 Å². The minimum atomic E-state index is -4.36. The number of carboxylic acids is 1. The maximum Gasteiger partial charge on any atom is 0.397 e. The first kappa shape index (κ1) is 18.3. The Bertz CT molecular complexity index is 522. The zero-order valence-corrected chi connectivity index (χ0v) is 12.6. The molecule has 1 amide bonds. The van der Waals surface area contributed by atoms with E-state index in [2.05, 4.69) is 5.32 Å². The molecule has 22 heavy (non-hydrogen) atoms. The van der Waals surface area contributed by atoms with Crippen LogP contribution in [0.3, 0.4) is 0 Å². The average molecular weight is 335 g/mol. The Morgan fingerprint density at radius 3 is 2.27 bits per heavy atom. The third-order valence-corrected chi connectivity index (χ3v) is 4.01. The molecule has 1 aromatic carbocycles. The van der Waals surface area contributed by atoms with Gasteiger partial charge in [-0.25, -0.2) is 4.79 Å². The number of benzene rings is 1. The van der Waals surface area contributed by atoms with E-state index in [1.165, 1.54) is 0 Å². The van der Waals surface area contributed by atoms with Gasteiger partial charge < -0.3 is 10.4 Å². The maximum atomic E-state index is 12.1. The standard InChI is InChI=1S/C14H16F3NO3S/c1-2-13(12(20)21,10-6-4-3-5-7-10)18-11(19)8-22-9-14(15,16)17/h3-7H,2,8-9H2,1H3,(H,18,19)(H,20,21). The number of rotatable bonds is 7. The summed E-state index contributed by atoms with van der Waals surface area (Å²) < 4.78 is 36.2. The molecular weight excluding hydrogens is 319 g/mol. The first-order valence-corrected chi connectivity index (χ1v) is 7.61. The molecule has 0 aliphatic carbocycles. The van der Waals surface area contributed by atoms with Crippen molar-refractivity contribution in [3.63, 3.8) is 0 Å². The molecular formula is C14H16F3NO3S. The SMILES string of the molecule is CCC(NC(=O)CSCC(F)(F)F)(C(=O)O)c1ccccc1. The van der Waals surface area contributed by atoms with Crippen LogP contribution in [0.2, 0.25) is 0 Å². The summed E-state index contributed by atoms with van der Waals surface area (Å²) in [6.45, 7) is 1.59. The molecule has 0 spiro atoms. The number of carbonyl (C=O) groups excluding carboxylic acids is 1. The van der Waals surface area contributed by atoms with Crippen molar-refractivity contribution in [2.24, 2.45) is 0 Å². The van der Waals surface area contributed by atoms with Gasteiger partial charge in [0.15, 0.2) is 5.54 Å². The molecule has 0 aromatic heterocycles. The summed E-state index contributed by atoms with van der Waals surface area (Å²) in [6.07, 6.45) is -4.29. The summed E-state index contributed by atoms with van der Waals surface area (Å²) in [7, 11) is 0. The van der Waals surface area contributed by atoms with E-state index in [0.717, 1.165) is 0 Å². The number of hydrogen-bond donors (Lipinski definition) is 2. The van der Waals surface area contributed by atoms with E-state index in [1.807, 2.05) is 0 Å². The molecule has 0 bridgehead atoms. The zero-order chi connectivity index (χ0) is 16.8. The molecule has 1 rings (SSSR count). The first-order chi connectivity index (χ1) is 10.2. The van der Waals surface area contributed by atoms with Crippen LogP contribution in [-0.4, -0.2) is 34.7 Å². The smallest absolute Gasteiger partial charge is 0.397 e. The van der Waals surface area contributed by atoms with Gasteiger partial charge >= 0.3 is 12.1 Å². The average Bonchev–Trinajstić information content (AvgIpc) is 2.44. The molecule has 0 fully saturated rings. The lowest BCUT2D eigenvalue weighted by Gasteiger charge is -2.30. The van der Waals surface area contributed by atoms with Gasteiger partial charge in [-0.1, -0.05) is 37.3 Å². The van der Waals surface area contributed by atoms with Gasteiger partial charge in [-0.3, -0.25) is 4.79 Å². The Balaban J connectivity index is 2.83. The second-order valence-corrected chi connectivity index (χ2v) is 5.57. The van der Waals surface area contributed by atoms with Crippen LogP contribution in [0, 0.1) is 0 Å². The highest BCUT2D eigenvalue weighted by Crippen LogP contribution is 2.26. The monoisotopic (exact) mass is 335 g/mol. The molecule has 122 valence electrons. The van der Waals surface area contributed by atoms with Crippen LogP contribution in [-0.2, 0) is 15.1 Å². The predicted octanol–water partition coefficient (Wildman–Crippen LogP) is 2.79. The van der Waals surface area contributed by atoms with Crippen LogP contribution in [0.4, 0.5) is 13.2 Å². The van der Waals surface area contributed by atoms with Crippen molar-refractivity contribution < 1.29 is 27.9 Å². The highest BCUT2D eigenvalue weighted by molar-refractivity contribution is 8.00. The fraction of sp³-hybridized carbons (Fsp3) is 0.429. The van der Waals surface area contributed by atoms with E-state index < -0.39 is 35.1 Å². The minimum absolute atomic E-state index is 0.0715. The van der Waals surface area contributed by atoms with Crippen molar-refractivity contribution in [2.45, 2.75) is 25.1 Å². The number of carboxylic acid groups (broad SMARTS) is 1. The normalized spacial score (nSPS) is 14.2. The van der Waals surface area contributed by atoms with Crippen molar-refractivity contribution in [2.75, 3.05) is 11.5 Å². The molecule has 0 heterocycles. The lowest BCUT2D eigenvalue weighted by Crippen LogP contribution is -2.52. The third kappa shape index (κ3) is 4.94. The first-order valence-electron chi connectivity index (χ1n) is 6.45. The molecule has 0 saturated heterocycles. The molecule has 1 atom stereocenters. The summed E-state index contributed by atoms with van der Waals surface area (Å²) in [6, 6.07) is 8.08. The largest absolute Gasteiger partial charge is 0.479 e. The Morgan fingerprint density at radius 2 is 1.82 bits per heavy atom. The van der Waals surface area contributed by atoms with E-state index in [0.29, 0.717) is 17.3 Å². The quantitative estimate of drug-likeness (QED) is 0.804. The number of thioether (sulfide) groups is 1. The van der Waals surface area contributed by atoms with Gasteiger partial charge in [0, 0.05) is 0 Å². The lowest BCUT2D eigenvalue weighted by atomic mass is 9.87. The van der Waals surface area contributed by atoms with Gasteiger partial charge in [0.2, 0.25) is 5.91 Å². The molecule has 0 radical (unpaired) electrons. The number of halogens is 3. The predicted molar refractivity (Wildman–Crippen MR) is 77.6 cm³/mol. The van der Waals surface area contributed by atoms with Gasteiger partial charge in [0.05, 0.1) is 11.5 Å². The molecule has 4 nitrogen and oxygen atoms in total. The summed E-state index contributed by atoms with van der Waals surface area (Å²) in [5.74, 6) is -3.61. The van der Waals surface area contributed by atoms with Crippen molar-refractivity contribution >= 4 is 23.6 Å². The van der Waals surface area contributed by atoms with E-state index in [-0.39, 0.29) is 6.42 Å². The van der Waals surface area contributed by atoms with Gasteiger partial charge in [0.1, 0.15) is 0 Å².